The number of hydrogen-bond acceptors (Lipinski definition) is 10. The number of pyridine rings is 1. The zero-order valence-electron chi connectivity index (χ0n) is 17.9. The Morgan fingerprint density at radius 2 is 1.91 bits per heavy atom. The van der Waals surface area contributed by atoms with Gasteiger partial charge in [0.25, 0.3) is 0 Å². The molecule has 0 saturated heterocycles. The summed E-state index contributed by atoms with van der Waals surface area (Å²) in [7, 11) is 1.66. The number of anilines is 4. The zero-order chi connectivity index (χ0) is 24.7. The average molecular weight is 506 g/mol. The topological polar surface area (TPSA) is 173 Å². The maximum Gasteiger partial charge on any atom is 0.311 e. The van der Waals surface area contributed by atoms with Crippen LogP contribution in [0.4, 0.5) is 29.0 Å². The number of carbonyl (C=O) groups is 1. The first-order chi connectivity index (χ1) is 16.3. The monoisotopic (exact) mass is 505 g/mol. The Morgan fingerprint density at radius 1 is 1.15 bits per heavy atom. The molecule has 0 aliphatic heterocycles. The fourth-order valence-electron chi connectivity index (χ4n) is 2.89. The zero-order valence-corrected chi connectivity index (χ0v) is 19.4. The van der Waals surface area contributed by atoms with Crippen LogP contribution in [0.15, 0.2) is 36.5 Å². The molecule has 6 N–H and O–H groups in total. The minimum atomic E-state index is -0.597. The molecule has 2 heterocycles. The van der Waals surface area contributed by atoms with E-state index in [0.29, 0.717) is 51.8 Å². The summed E-state index contributed by atoms with van der Waals surface area (Å²) in [6.07, 6.45) is 1.48. The molecule has 1 aromatic carbocycles. The predicted molar refractivity (Wildman–Crippen MR) is 132 cm³/mol. The molecule has 0 bridgehead atoms. The van der Waals surface area contributed by atoms with Crippen molar-refractivity contribution in [2.45, 2.75) is 0 Å². The summed E-state index contributed by atoms with van der Waals surface area (Å²) in [4.78, 5) is 35.0. The van der Waals surface area contributed by atoms with Crippen LogP contribution in [0.2, 0.25) is 10.0 Å². The number of rotatable bonds is 10. The van der Waals surface area contributed by atoms with E-state index in [1.54, 1.807) is 25.2 Å². The molecule has 14 heteroatoms. The molecule has 0 saturated carbocycles. The Morgan fingerprint density at radius 3 is 2.59 bits per heavy atom. The molecule has 0 atom stereocenters. The summed E-state index contributed by atoms with van der Waals surface area (Å²) in [6.45, 7) is 0.893. The van der Waals surface area contributed by atoms with Crippen LogP contribution in [0.25, 0.3) is 11.3 Å². The van der Waals surface area contributed by atoms with Gasteiger partial charge in [-0.1, -0.05) is 23.2 Å². The molecule has 1 amide bonds. The number of amides is 1. The lowest BCUT2D eigenvalue weighted by Crippen LogP contribution is -2.25. The molecule has 34 heavy (non-hydrogen) atoms. The third-order valence-corrected chi connectivity index (χ3v) is 4.95. The van der Waals surface area contributed by atoms with Crippen molar-refractivity contribution in [3.05, 3.63) is 56.7 Å². The number of carbonyl (C=O) groups excluding carboxylic acids is 1. The molecule has 0 spiro atoms. The summed E-state index contributed by atoms with van der Waals surface area (Å²) in [5.74, 6) is 0.247. The van der Waals surface area contributed by atoms with Gasteiger partial charge in [-0.15, -0.1) is 0 Å². The largest absolute Gasteiger partial charge is 0.378 e. The number of halogens is 2. The molecule has 178 valence electrons. The quantitative estimate of drug-likeness (QED) is 0.156. The maximum atomic E-state index is 12.1. The van der Waals surface area contributed by atoms with Crippen LogP contribution >= 0.6 is 23.2 Å². The van der Waals surface area contributed by atoms with Crippen molar-refractivity contribution >= 4 is 58.1 Å². The maximum absolute atomic E-state index is 12.1. The second-order valence-corrected chi connectivity index (χ2v) is 7.71. The number of likely N-dealkylation sites (N-methyl/N-ethyl adjacent to an activating group) is 1. The van der Waals surface area contributed by atoms with Crippen LogP contribution in [0, 0.1) is 10.1 Å². The lowest BCUT2D eigenvalue weighted by atomic mass is 10.1. The molecule has 0 radical (unpaired) electrons. The molecule has 0 aliphatic carbocycles. The van der Waals surface area contributed by atoms with Crippen LogP contribution < -0.4 is 27.0 Å². The standard InChI is InChI=1S/C20H21Cl2N9O3/c1-24-10-17(32)28-14-9-27-20(30-18(14)12-3-2-11(21)8-13(12)22)26-7-6-25-16-5-4-15(31(33)34)19(23)29-16/h2-5,8-9,24H,6-7,10H2,1H3,(H,28,32)(H3,23,25,29)(H,26,27,30). The molecule has 0 unspecified atom stereocenters. The Bertz CT molecular complexity index is 1210. The fourth-order valence-corrected chi connectivity index (χ4v) is 3.38. The lowest BCUT2D eigenvalue weighted by molar-refractivity contribution is -0.384. The number of nitrogens with one attached hydrogen (secondary N) is 4. The van der Waals surface area contributed by atoms with Gasteiger partial charge in [-0.2, -0.15) is 0 Å². The van der Waals surface area contributed by atoms with Crippen molar-refractivity contribution in [2.24, 2.45) is 0 Å². The van der Waals surface area contributed by atoms with Gasteiger partial charge < -0.3 is 27.0 Å². The van der Waals surface area contributed by atoms with Crippen molar-refractivity contribution in [3.8, 4) is 11.3 Å². The number of nitrogens with two attached hydrogens (primary N) is 1. The summed E-state index contributed by atoms with van der Waals surface area (Å²) >= 11 is 12.4. The van der Waals surface area contributed by atoms with Crippen LogP contribution in [-0.2, 0) is 4.79 Å². The molecule has 12 nitrogen and oxygen atoms in total. The van der Waals surface area contributed by atoms with E-state index in [9.17, 15) is 14.9 Å². The van der Waals surface area contributed by atoms with Crippen LogP contribution in [0.1, 0.15) is 0 Å². The highest BCUT2D eigenvalue weighted by Crippen LogP contribution is 2.34. The van der Waals surface area contributed by atoms with Gasteiger partial charge >= 0.3 is 5.69 Å². The van der Waals surface area contributed by atoms with E-state index in [1.165, 1.54) is 18.3 Å². The van der Waals surface area contributed by atoms with Crippen molar-refractivity contribution in [3.63, 3.8) is 0 Å². The number of aromatic nitrogens is 3. The van der Waals surface area contributed by atoms with Gasteiger partial charge in [-0.3, -0.25) is 14.9 Å². The predicted octanol–water partition coefficient (Wildman–Crippen LogP) is 3.02. The summed E-state index contributed by atoms with van der Waals surface area (Å²) < 4.78 is 0. The third-order valence-electron chi connectivity index (χ3n) is 4.40. The van der Waals surface area contributed by atoms with Crippen molar-refractivity contribution < 1.29 is 9.72 Å². The molecule has 0 fully saturated rings. The SMILES string of the molecule is CNCC(=O)Nc1cnc(NCCNc2ccc([N+](=O)[O-])c(N)n2)nc1-c1ccc(Cl)cc1Cl. The van der Waals surface area contributed by atoms with Crippen molar-refractivity contribution in [2.75, 3.05) is 48.4 Å². The Kier molecular flexibility index (Phi) is 8.35. The first kappa shape index (κ1) is 24.9. The van der Waals surface area contributed by atoms with Crippen LogP contribution in [-0.4, -0.2) is 52.5 Å². The second-order valence-electron chi connectivity index (χ2n) is 6.87. The normalized spacial score (nSPS) is 10.6. The molecule has 3 aromatic rings. The van der Waals surface area contributed by atoms with E-state index in [4.69, 9.17) is 28.9 Å². The highest BCUT2D eigenvalue weighted by molar-refractivity contribution is 6.36. The molecular formula is C20H21Cl2N9O3. The molecule has 2 aromatic heterocycles. The van der Waals surface area contributed by atoms with Crippen molar-refractivity contribution in [1.82, 2.24) is 20.3 Å². The minimum Gasteiger partial charge on any atom is -0.378 e. The third kappa shape index (κ3) is 6.41. The number of hydrogen-bond donors (Lipinski definition) is 5. The summed E-state index contributed by atoms with van der Waals surface area (Å²) in [5.41, 5.74) is 6.72. The van der Waals surface area contributed by atoms with Gasteiger partial charge in [0.1, 0.15) is 11.5 Å². The van der Waals surface area contributed by atoms with Gasteiger partial charge in [-0.25, -0.2) is 15.0 Å². The number of nitrogen functional groups attached to an aromatic ring is 1. The Balaban J connectivity index is 1.72. The van der Waals surface area contributed by atoms with Gasteiger partial charge in [0.05, 0.1) is 28.4 Å². The Hall–Kier alpha value is -3.74. The van der Waals surface area contributed by atoms with Gasteiger partial charge in [0.2, 0.25) is 17.7 Å². The molecule has 3 rings (SSSR count). The highest BCUT2D eigenvalue weighted by Gasteiger charge is 2.16. The van der Waals surface area contributed by atoms with Gasteiger partial charge in [0.15, 0.2) is 0 Å². The molecule has 0 aliphatic rings. The van der Waals surface area contributed by atoms with Crippen molar-refractivity contribution in [1.29, 1.82) is 0 Å². The van der Waals surface area contributed by atoms with Crippen LogP contribution in [0.3, 0.4) is 0 Å². The lowest BCUT2D eigenvalue weighted by Gasteiger charge is -2.14. The summed E-state index contributed by atoms with van der Waals surface area (Å²) in [6, 6.07) is 7.71. The molecular weight excluding hydrogens is 485 g/mol. The second kappa shape index (κ2) is 11.4. The van der Waals surface area contributed by atoms with E-state index < -0.39 is 4.92 Å². The summed E-state index contributed by atoms with van der Waals surface area (Å²) in [5, 5.41) is 23.3. The van der Waals surface area contributed by atoms with E-state index in [-0.39, 0.29) is 24.0 Å². The van der Waals surface area contributed by atoms with E-state index in [1.807, 2.05) is 0 Å². The Labute approximate surface area is 204 Å². The van der Waals surface area contributed by atoms with E-state index in [0.717, 1.165) is 0 Å². The highest BCUT2D eigenvalue weighted by atomic mass is 35.5. The van der Waals surface area contributed by atoms with Gasteiger partial charge in [0, 0.05) is 29.7 Å². The number of benzene rings is 1. The van der Waals surface area contributed by atoms with Crippen LogP contribution in [0.5, 0.6) is 0 Å². The van der Waals surface area contributed by atoms with E-state index >= 15 is 0 Å². The number of nitro groups is 1. The van der Waals surface area contributed by atoms with E-state index in [2.05, 4.69) is 36.2 Å². The first-order valence-corrected chi connectivity index (χ1v) is 10.7. The smallest absolute Gasteiger partial charge is 0.311 e. The average Bonchev–Trinajstić information content (AvgIpc) is 2.78. The fraction of sp³-hybridized carbons (Fsp3) is 0.200. The minimum absolute atomic E-state index is 0.112. The number of nitrogens with zero attached hydrogens (tertiary/aromatic N) is 4. The first-order valence-electron chi connectivity index (χ1n) is 9.94. The van der Waals surface area contributed by atoms with Gasteiger partial charge in [-0.05, 0) is 31.3 Å².